The largest absolute Gasteiger partial charge is 0.397 e. The van der Waals surface area contributed by atoms with E-state index in [0.29, 0.717) is 19.6 Å². The van der Waals surface area contributed by atoms with Crippen LogP contribution in [0.3, 0.4) is 0 Å². The second-order valence-electron chi connectivity index (χ2n) is 12.9. The number of aliphatic hydroxyl groups is 1. The molecule has 14 heteroatoms. The highest BCUT2D eigenvalue weighted by Crippen LogP contribution is 2.26. The van der Waals surface area contributed by atoms with Gasteiger partial charge in [-0.2, -0.15) is 4.31 Å². The van der Waals surface area contributed by atoms with Crippen LogP contribution in [0.1, 0.15) is 50.9 Å². The summed E-state index contributed by atoms with van der Waals surface area (Å²) in [5.74, 6) is -0.709. The van der Waals surface area contributed by atoms with E-state index in [-0.39, 0.29) is 53.0 Å². The summed E-state index contributed by atoms with van der Waals surface area (Å²) in [4.78, 5) is 35.5. The Morgan fingerprint density at radius 2 is 1.83 bits per heavy atom. The lowest BCUT2D eigenvalue weighted by Crippen LogP contribution is -2.57. The van der Waals surface area contributed by atoms with Crippen LogP contribution in [0.4, 0.5) is 10.5 Å². The molecule has 2 aromatic carbocycles. The van der Waals surface area contributed by atoms with Crippen LogP contribution in [-0.2, 0) is 34.2 Å². The number of amides is 3. The molecule has 48 heavy (non-hydrogen) atoms. The van der Waals surface area contributed by atoms with Gasteiger partial charge in [0.15, 0.2) is 0 Å². The maximum Gasteiger partial charge on any atom is 0.321 e. The normalized spacial score (nSPS) is 15.8. The van der Waals surface area contributed by atoms with Gasteiger partial charge in [-0.15, -0.1) is 11.3 Å². The smallest absolute Gasteiger partial charge is 0.321 e. The molecule has 3 atom stereocenters. The molecule has 4 N–H and O–H groups in total. The number of aryl methyl sites for hydroxylation is 1. The maximum absolute atomic E-state index is 14.1. The van der Waals surface area contributed by atoms with Gasteiger partial charge in [0, 0.05) is 31.6 Å². The Bertz CT molecular complexity index is 1650. The van der Waals surface area contributed by atoms with Gasteiger partial charge in [0.2, 0.25) is 15.9 Å². The fourth-order valence-electron chi connectivity index (χ4n) is 5.85. The fourth-order valence-corrected chi connectivity index (χ4v) is 8.37. The topological polar surface area (TPSA) is 149 Å². The molecule has 1 unspecified atom stereocenters. The van der Waals surface area contributed by atoms with E-state index in [4.69, 9.17) is 17.3 Å². The zero-order valence-corrected chi connectivity index (χ0v) is 30.6. The van der Waals surface area contributed by atoms with Gasteiger partial charge in [-0.3, -0.25) is 4.79 Å². The highest BCUT2D eigenvalue weighted by molar-refractivity contribution is 7.89. The number of aromatic nitrogens is 1. The lowest BCUT2D eigenvalue weighted by Gasteiger charge is -2.34. The number of hydrogen-bond acceptors (Lipinski definition) is 8. The van der Waals surface area contributed by atoms with Crippen molar-refractivity contribution in [3.63, 3.8) is 0 Å². The van der Waals surface area contributed by atoms with Crippen molar-refractivity contribution >= 4 is 50.6 Å². The van der Waals surface area contributed by atoms with Crippen LogP contribution in [0, 0.1) is 11.8 Å². The van der Waals surface area contributed by atoms with Gasteiger partial charge in [-0.05, 0) is 48.4 Å². The number of nitrogen functional groups attached to an aromatic ring is 1. The van der Waals surface area contributed by atoms with Gasteiger partial charge in [0.25, 0.3) is 0 Å². The van der Waals surface area contributed by atoms with E-state index in [9.17, 15) is 23.1 Å². The summed E-state index contributed by atoms with van der Waals surface area (Å²) < 4.78 is 28.9. The number of nitrogens with two attached hydrogens (primary N) is 1. The third-order valence-electron chi connectivity index (χ3n) is 8.27. The molecule has 1 aliphatic heterocycles. The number of halogens is 1. The first-order chi connectivity index (χ1) is 22.7. The SMILES string of the molecule is CCc1nc(CN2CCN(C(C(=O)N[C@@H](Cc3ccccc3)[C@H](O)CN(CC(C)C)S(=O)(=O)c3ccc(Cl)c(N)c3)C(C)C)C2=O)cs1. The summed E-state index contributed by atoms with van der Waals surface area (Å²) in [6.45, 7) is 10.6. The summed E-state index contributed by atoms with van der Waals surface area (Å²) in [5, 5.41) is 17.9. The first-order valence-electron chi connectivity index (χ1n) is 16.3. The van der Waals surface area contributed by atoms with E-state index in [1.54, 1.807) is 21.1 Å². The molecule has 2 heterocycles. The Morgan fingerprint density at radius 3 is 2.44 bits per heavy atom. The lowest BCUT2D eigenvalue weighted by atomic mass is 9.97. The number of urea groups is 1. The molecular formula is C34H47ClN6O5S2. The molecule has 4 rings (SSSR count). The molecule has 11 nitrogen and oxygen atoms in total. The molecule has 3 aromatic rings. The quantitative estimate of drug-likeness (QED) is 0.183. The van der Waals surface area contributed by atoms with Gasteiger partial charge in [-0.1, -0.05) is 76.6 Å². The van der Waals surface area contributed by atoms with Crippen molar-refractivity contribution in [1.29, 1.82) is 0 Å². The first-order valence-corrected chi connectivity index (χ1v) is 19.0. The molecule has 0 spiro atoms. The van der Waals surface area contributed by atoms with Crippen LogP contribution in [0.15, 0.2) is 58.8 Å². The molecular weight excluding hydrogens is 672 g/mol. The summed E-state index contributed by atoms with van der Waals surface area (Å²) >= 11 is 7.62. The van der Waals surface area contributed by atoms with Crippen molar-refractivity contribution in [2.24, 2.45) is 11.8 Å². The van der Waals surface area contributed by atoms with E-state index < -0.39 is 34.1 Å². The average Bonchev–Trinajstić information content (AvgIpc) is 3.64. The second-order valence-corrected chi connectivity index (χ2v) is 16.2. The Kier molecular flexibility index (Phi) is 12.9. The Labute approximate surface area is 293 Å². The summed E-state index contributed by atoms with van der Waals surface area (Å²) in [6.07, 6.45) is -0.220. The van der Waals surface area contributed by atoms with Crippen molar-refractivity contribution < 1.29 is 23.1 Å². The molecule has 0 bridgehead atoms. The highest BCUT2D eigenvalue weighted by Gasteiger charge is 2.40. The third kappa shape index (κ3) is 9.26. The average molecular weight is 719 g/mol. The van der Waals surface area contributed by atoms with Crippen molar-refractivity contribution in [3.8, 4) is 0 Å². The number of rotatable bonds is 16. The minimum absolute atomic E-state index is 0.0403. The third-order valence-corrected chi connectivity index (χ3v) is 11.5. The number of carbonyl (C=O) groups is 2. The molecule has 1 aromatic heterocycles. The van der Waals surface area contributed by atoms with Gasteiger partial charge in [0.1, 0.15) is 6.04 Å². The van der Waals surface area contributed by atoms with E-state index >= 15 is 0 Å². The number of aliphatic hydroxyl groups excluding tert-OH is 1. The van der Waals surface area contributed by atoms with Gasteiger partial charge in [0.05, 0.1) is 45.0 Å². The summed E-state index contributed by atoms with van der Waals surface area (Å²) in [5.41, 5.74) is 7.74. The molecule has 0 saturated carbocycles. The van der Waals surface area contributed by atoms with Crippen molar-refractivity contribution in [2.75, 3.05) is 31.9 Å². The second kappa shape index (κ2) is 16.4. The number of sulfonamides is 1. The molecule has 0 radical (unpaired) electrons. The predicted molar refractivity (Wildman–Crippen MR) is 190 cm³/mol. The van der Waals surface area contributed by atoms with Crippen LogP contribution < -0.4 is 11.1 Å². The number of hydrogen-bond donors (Lipinski definition) is 3. The summed E-state index contributed by atoms with van der Waals surface area (Å²) in [7, 11) is -4.09. The van der Waals surface area contributed by atoms with Crippen LogP contribution in [0.5, 0.6) is 0 Å². The van der Waals surface area contributed by atoms with E-state index in [1.807, 2.05) is 70.3 Å². The zero-order chi connectivity index (χ0) is 35.2. The highest BCUT2D eigenvalue weighted by atomic mass is 35.5. The van der Waals surface area contributed by atoms with Gasteiger partial charge >= 0.3 is 6.03 Å². The van der Waals surface area contributed by atoms with Gasteiger partial charge in [-0.25, -0.2) is 18.2 Å². The Morgan fingerprint density at radius 1 is 1.12 bits per heavy atom. The fraction of sp³-hybridized carbons (Fsp3) is 0.500. The van der Waals surface area contributed by atoms with Crippen molar-refractivity contribution in [2.45, 2.75) is 77.1 Å². The number of benzene rings is 2. The van der Waals surface area contributed by atoms with Crippen molar-refractivity contribution in [3.05, 3.63) is 75.2 Å². The monoisotopic (exact) mass is 718 g/mol. The molecule has 3 amide bonds. The predicted octanol–water partition coefficient (Wildman–Crippen LogP) is 4.64. The maximum atomic E-state index is 14.1. The van der Waals surface area contributed by atoms with Gasteiger partial charge < -0.3 is 26.0 Å². The minimum atomic E-state index is -4.09. The molecule has 1 saturated heterocycles. The van der Waals surface area contributed by atoms with Crippen molar-refractivity contribution in [1.82, 2.24) is 24.4 Å². The lowest BCUT2D eigenvalue weighted by molar-refractivity contribution is -0.128. The first kappa shape index (κ1) is 37.6. The van der Waals surface area contributed by atoms with Crippen LogP contribution in [0.2, 0.25) is 5.02 Å². The van der Waals surface area contributed by atoms with Crippen LogP contribution in [0.25, 0.3) is 0 Å². The number of nitrogens with zero attached hydrogens (tertiary/aromatic N) is 4. The van der Waals surface area contributed by atoms with E-state index in [0.717, 1.165) is 22.7 Å². The number of thiazole rings is 1. The molecule has 0 aliphatic carbocycles. The minimum Gasteiger partial charge on any atom is -0.397 e. The molecule has 262 valence electrons. The Balaban J connectivity index is 1.57. The van der Waals surface area contributed by atoms with Crippen LogP contribution in [-0.4, -0.2) is 88.9 Å². The molecule has 1 fully saturated rings. The van der Waals surface area contributed by atoms with E-state index in [2.05, 4.69) is 10.3 Å². The number of nitrogens with one attached hydrogen (secondary N) is 1. The Hall–Kier alpha value is -3.23. The number of anilines is 1. The standard InChI is InChI=1S/C34H47ClN6O5S2/c1-6-31-37-25(21-47-31)19-39-14-15-41(34(39)44)32(23(4)5)33(43)38-29(16-24-10-8-7-9-11-24)30(42)20-40(18-22(2)3)48(45,46)26-12-13-27(35)28(36)17-26/h7-13,17,21-23,29-30,32,42H,6,14-16,18-20,36H2,1-5H3,(H,38,43)/t29-,30+,32?/m0/s1. The van der Waals surface area contributed by atoms with Crippen LogP contribution >= 0.6 is 22.9 Å². The molecule has 1 aliphatic rings. The van der Waals surface area contributed by atoms with E-state index in [1.165, 1.54) is 22.5 Å². The zero-order valence-electron chi connectivity index (χ0n) is 28.2. The summed E-state index contributed by atoms with van der Waals surface area (Å²) in [6, 6.07) is 11.6. The number of carbonyl (C=O) groups excluding carboxylic acids is 2.